The van der Waals surface area contributed by atoms with E-state index in [9.17, 15) is 0 Å². The number of nitrogens with one attached hydrogen (secondary N) is 1. The lowest BCUT2D eigenvalue weighted by Crippen LogP contribution is -2.32. The zero-order chi connectivity index (χ0) is 12.1. The Bertz CT molecular complexity index is 399. The second kappa shape index (κ2) is 5.63. The maximum atomic E-state index is 5.54. The van der Waals surface area contributed by atoms with Gasteiger partial charge in [-0.1, -0.05) is 12.8 Å². The van der Waals surface area contributed by atoms with Gasteiger partial charge in [0.05, 0.1) is 18.7 Å². The first-order valence-electron chi connectivity index (χ1n) is 5.89. The fourth-order valence-electron chi connectivity index (χ4n) is 2.13. The Morgan fingerprint density at radius 3 is 2.94 bits per heavy atom. The molecule has 1 aromatic heterocycles. The molecule has 1 fully saturated rings. The molecular weight excluding hydrogens is 216 g/mol. The molecule has 1 aromatic rings. The number of hydrogen-bond acceptors (Lipinski definition) is 4. The minimum absolute atomic E-state index is 0.367. The minimum atomic E-state index is 0.367. The van der Waals surface area contributed by atoms with E-state index >= 15 is 0 Å². The molecule has 1 aliphatic carbocycles. The Hall–Kier alpha value is -1.62. The highest BCUT2D eigenvalue weighted by Crippen LogP contribution is 2.22. The number of amidine groups is 1. The van der Waals surface area contributed by atoms with E-state index in [0.717, 1.165) is 18.4 Å². The molecule has 17 heavy (non-hydrogen) atoms. The fourth-order valence-corrected chi connectivity index (χ4v) is 2.13. The van der Waals surface area contributed by atoms with Crippen LogP contribution in [-0.4, -0.2) is 24.0 Å². The van der Waals surface area contributed by atoms with Gasteiger partial charge in [0, 0.05) is 6.20 Å². The molecule has 0 saturated heterocycles. The monoisotopic (exact) mass is 234 g/mol. The standard InChI is InChI=1S/C12H18N4O/c1-17-12-10(7-4-8-14-12)11(16-13)15-9-5-2-3-6-9/h4,7-9H,2-3,5-6,13H2,1H3,(H,15,16). The number of ether oxygens (including phenoxy) is 1. The van der Waals surface area contributed by atoms with Crippen molar-refractivity contribution >= 4 is 5.84 Å². The number of hydrogen-bond donors (Lipinski definition) is 2. The van der Waals surface area contributed by atoms with Crippen molar-refractivity contribution in [2.75, 3.05) is 7.11 Å². The Morgan fingerprint density at radius 2 is 2.29 bits per heavy atom. The zero-order valence-electron chi connectivity index (χ0n) is 10.0. The number of methoxy groups -OCH3 is 1. The fraction of sp³-hybridized carbons (Fsp3) is 0.500. The first-order chi connectivity index (χ1) is 8.35. The van der Waals surface area contributed by atoms with Crippen molar-refractivity contribution in [1.82, 2.24) is 10.4 Å². The zero-order valence-corrected chi connectivity index (χ0v) is 10.0. The normalized spacial score (nSPS) is 17.2. The van der Waals surface area contributed by atoms with Gasteiger partial charge >= 0.3 is 0 Å². The van der Waals surface area contributed by atoms with Crippen LogP contribution in [0.5, 0.6) is 5.88 Å². The number of rotatable bonds is 3. The van der Waals surface area contributed by atoms with E-state index < -0.39 is 0 Å². The second-order valence-corrected chi connectivity index (χ2v) is 4.12. The molecule has 0 unspecified atom stereocenters. The molecule has 1 heterocycles. The third-order valence-corrected chi connectivity index (χ3v) is 2.99. The summed E-state index contributed by atoms with van der Waals surface area (Å²) < 4.78 is 5.21. The van der Waals surface area contributed by atoms with Gasteiger partial charge in [-0.15, -0.1) is 0 Å². The largest absolute Gasteiger partial charge is 0.480 e. The van der Waals surface area contributed by atoms with Crippen LogP contribution in [-0.2, 0) is 0 Å². The van der Waals surface area contributed by atoms with Crippen LogP contribution in [0.3, 0.4) is 0 Å². The summed E-state index contributed by atoms with van der Waals surface area (Å²) in [5.74, 6) is 6.74. The summed E-state index contributed by atoms with van der Waals surface area (Å²) in [6, 6.07) is 4.12. The van der Waals surface area contributed by atoms with Gasteiger partial charge < -0.3 is 10.2 Å². The van der Waals surface area contributed by atoms with Crippen molar-refractivity contribution in [1.29, 1.82) is 0 Å². The van der Waals surface area contributed by atoms with Crippen LogP contribution < -0.4 is 16.0 Å². The predicted molar refractivity (Wildman–Crippen MR) is 66.9 cm³/mol. The van der Waals surface area contributed by atoms with Gasteiger partial charge in [-0.05, 0) is 25.0 Å². The van der Waals surface area contributed by atoms with E-state index in [0.29, 0.717) is 17.8 Å². The molecule has 5 heteroatoms. The van der Waals surface area contributed by atoms with Crippen LogP contribution in [0, 0.1) is 0 Å². The van der Waals surface area contributed by atoms with E-state index in [1.807, 2.05) is 12.1 Å². The molecule has 0 aromatic carbocycles. The molecule has 0 spiro atoms. The van der Waals surface area contributed by atoms with E-state index in [2.05, 4.69) is 15.4 Å². The summed E-state index contributed by atoms with van der Waals surface area (Å²) in [6.07, 6.45) is 6.44. The third kappa shape index (κ3) is 2.74. The van der Waals surface area contributed by atoms with Gasteiger partial charge in [0.2, 0.25) is 5.88 Å². The van der Waals surface area contributed by atoms with Crippen LogP contribution in [0.25, 0.3) is 0 Å². The topological polar surface area (TPSA) is 72.5 Å². The van der Waals surface area contributed by atoms with Crippen molar-refractivity contribution in [3.63, 3.8) is 0 Å². The Morgan fingerprint density at radius 1 is 1.53 bits per heavy atom. The smallest absolute Gasteiger partial charge is 0.224 e. The summed E-state index contributed by atoms with van der Waals surface area (Å²) in [5, 5.41) is 0. The lowest BCUT2D eigenvalue weighted by Gasteiger charge is -2.11. The molecule has 0 atom stereocenters. The van der Waals surface area contributed by atoms with Crippen molar-refractivity contribution in [2.45, 2.75) is 31.7 Å². The highest BCUT2D eigenvalue weighted by molar-refractivity contribution is 6.00. The van der Waals surface area contributed by atoms with Gasteiger partial charge in [-0.3, -0.25) is 4.99 Å². The molecule has 0 radical (unpaired) electrons. The van der Waals surface area contributed by atoms with Crippen LogP contribution >= 0.6 is 0 Å². The maximum Gasteiger partial charge on any atom is 0.224 e. The highest BCUT2D eigenvalue weighted by atomic mass is 16.5. The average molecular weight is 234 g/mol. The van der Waals surface area contributed by atoms with Crippen LogP contribution in [0.1, 0.15) is 31.2 Å². The molecule has 92 valence electrons. The van der Waals surface area contributed by atoms with E-state index in [-0.39, 0.29) is 0 Å². The van der Waals surface area contributed by atoms with E-state index in [1.54, 1.807) is 13.3 Å². The number of aliphatic imine (C=N–C) groups is 1. The number of nitrogens with two attached hydrogens (primary N) is 1. The Kier molecular flexibility index (Phi) is 3.93. The summed E-state index contributed by atoms with van der Waals surface area (Å²) >= 11 is 0. The van der Waals surface area contributed by atoms with Gasteiger partial charge in [0.1, 0.15) is 5.84 Å². The molecule has 2 rings (SSSR count). The SMILES string of the molecule is COc1ncccc1C(=NC1CCCC1)NN. The van der Waals surface area contributed by atoms with Crippen molar-refractivity contribution in [2.24, 2.45) is 10.8 Å². The van der Waals surface area contributed by atoms with Gasteiger partial charge in [0.15, 0.2) is 0 Å². The van der Waals surface area contributed by atoms with Crippen LogP contribution in [0.15, 0.2) is 23.3 Å². The molecule has 5 nitrogen and oxygen atoms in total. The van der Waals surface area contributed by atoms with Gasteiger partial charge in [-0.2, -0.15) is 0 Å². The summed E-state index contributed by atoms with van der Waals surface area (Å²) in [5.41, 5.74) is 3.46. The maximum absolute atomic E-state index is 5.54. The lowest BCUT2D eigenvalue weighted by molar-refractivity contribution is 0.396. The number of hydrazine groups is 1. The highest BCUT2D eigenvalue weighted by Gasteiger charge is 2.17. The molecule has 0 aliphatic heterocycles. The first-order valence-corrected chi connectivity index (χ1v) is 5.89. The van der Waals surface area contributed by atoms with Gasteiger partial charge in [-0.25, -0.2) is 10.8 Å². The summed E-state index contributed by atoms with van der Waals surface area (Å²) in [7, 11) is 1.59. The van der Waals surface area contributed by atoms with Crippen molar-refractivity contribution < 1.29 is 4.74 Å². The molecular formula is C12H18N4O. The van der Waals surface area contributed by atoms with Crippen LogP contribution in [0.2, 0.25) is 0 Å². The predicted octanol–water partition coefficient (Wildman–Crippen LogP) is 1.24. The molecule has 3 N–H and O–H groups in total. The quantitative estimate of drug-likeness (QED) is 0.357. The lowest BCUT2D eigenvalue weighted by atomic mass is 10.2. The number of pyridine rings is 1. The van der Waals surface area contributed by atoms with Crippen molar-refractivity contribution in [3.8, 4) is 5.88 Å². The van der Waals surface area contributed by atoms with E-state index in [4.69, 9.17) is 10.6 Å². The third-order valence-electron chi connectivity index (χ3n) is 2.99. The summed E-state index contributed by atoms with van der Waals surface area (Å²) in [4.78, 5) is 8.78. The van der Waals surface area contributed by atoms with Crippen molar-refractivity contribution in [3.05, 3.63) is 23.9 Å². The van der Waals surface area contributed by atoms with E-state index in [1.165, 1.54) is 12.8 Å². The Balaban J connectivity index is 2.27. The van der Waals surface area contributed by atoms with Crippen LogP contribution in [0.4, 0.5) is 0 Å². The summed E-state index contributed by atoms with van der Waals surface area (Å²) in [6.45, 7) is 0. The number of nitrogens with zero attached hydrogens (tertiary/aromatic N) is 2. The molecule has 0 amide bonds. The molecule has 0 bridgehead atoms. The second-order valence-electron chi connectivity index (χ2n) is 4.12. The molecule has 1 aliphatic rings. The first kappa shape index (κ1) is 11.9. The van der Waals surface area contributed by atoms with Gasteiger partial charge in [0.25, 0.3) is 0 Å². The number of aromatic nitrogens is 1. The minimum Gasteiger partial charge on any atom is -0.480 e. The molecule has 1 saturated carbocycles. The average Bonchev–Trinajstić information content (AvgIpc) is 2.89. The Labute approximate surface area is 101 Å².